The number of rotatable bonds is 4. The van der Waals surface area contributed by atoms with Crippen molar-refractivity contribution in [1.82, 2.24) is 0 Å². The van der Waals surface area contributed by atoms with Crippen molar-refractivity contribution in [2.45, 2.75) is 10.6 Å². The number of carbonyl (C=O) groups is 1. The number of carboxylic acid groups (broad SMARTS) is 1. The SMILES string of the molecule is O=C(O)c1cc(S(=O)Cc2sccc2Cl)ccc1Br. The summed E-state index contributed by atoms with van der Waals surface area (Å²) in [5.74, 6) is -0.767. The van der Waals surface area contributed by atoms with Crippen molar-refractivity contribution in [1.29, 1.82) is 0 Å². The Morgan fingerprint density at radius 2 is 2.16 bits per heavy atom. The maximum Gasteiger partial charge on any atom is 0.336 e. The summed E-state index contributed by atoms with van der Waals surface area (Å²) in [5, 5.41) is 11.4. The monoisotopic (exact) mass is 378 g/mol. The number of aromatic carboxylic acids is 1. The molecule has 0 saturated carbocycles. The molecule has 0 saturated heterocycles. The molecule has 2 rings (SSSR count). The zero-order valence-electron chi connectivity index (χ0n) is 9.43. The minimum atomic E-state index is -1.32. The second-order valence-corrected chi connectivity index (χ2v) is 7.34. The molecule has 1 aromatic carbocycles. The predicted molar refractivity (Wildman–Crippen MR) is 80.5 cm³/mol. The first-order valence-electron chi connectivity index (χ1n) is 5.12. The molecule has 0 radical (unpaired) electrons. The molecule has 0 aliphatic heterocycles. The maximum absolute atomic E-state index is 12.2. The molecule has 100 valence electrons. The molecule has 1 heterocycles. The van der Waals surface area contributed by atoms with E-state index < -0.39 is 16.8 Å². The van der Waals surface area contributed by atoms with Crippen LogP contribution in [0.2, 0.25) is 5.02 Å². The van der Waals surface area contributed by atoms with E-state index in [-0.39, 0.29) is 11.3 Å². The van der Waals surface area contributed by atoms with Gasteiger partial charge in [-0.15, -0.1) is 11.3 Å². The fraction of sp³-hybridized carbons (Fsp3) is 0.0833. The van der Waals surface area contributed by atoms with Gasteiger partial charge in [0.05, 0.1) is 27.1 Å². The van der Waals surface area contributed by atoms with Crippen molar-refractivity contribution in [3.05, 3.63) is 49.6 Å². The largest absolute Gasteiger partial charge is 0.478 e. The van der Waals surface area contributed by atoms with Crippen molar-refractivity contribution in [2.75, 3.05) is 0 Å². The number of hydrogen-bond donors (Lipinski definition) is 1. The lowest BCUT2D eigenvalue weighted by molar-refractivity contribution is 0.0695. The lowest BCUT2D eigenvalue weighted by Crippen LogP contribution is -2.01. The van der Waals surface area contributed by atoms with Crippen LogP contribution in [0.4, 0.5) is 0 Å². The summed E-state index contributed by atoms with van der Waals surface area (Å²) in [6.07, 6.45) is 0. The molecule has 3 nitrogen and oxygen atoms in total. The second-order valence-electron chi connectivity index (χ2n) is 3.63. The third-order valence-electron chi connectivity index (χ3n) is 2.38. The van der Waals surface area contributed by atoms with Gasteiger partial charge < -0.3 is 5.11 Å². The molecule has 19 heavy (non-hydrogen) atoms. The van der Waals surface area contributed by atoms with Crippen LogP contribution >= 0.6 is 38.9 Å². The van der Waals surface area contributed by atoms with Crippen LogP contribution in [-0.4, -0.2) is 15.3 Å². The van der Waals surface area contributed by atoms with E-state index in [4.69, 9.17) is 16.7 Å². The van der Waals surface area contributed by atoms with Gasteiger partial charge >= 0.3 is 5.97 Å². The summed E-state index contributed by atoms with van der Waals surface area (Å²) in [7, 11) is -1.32. The molecule has 1 aromatic heterocycles. The lowest BCUT2D eigenvalue weighted by Gasteiger charge is -2.04. The minimum absolute atomic E-state index is 0.100. The molecular weight excluding hydrogens is 372 g/mol. The highest BCUT2D eigenvalue weighted by molar-refractivity contribution is 9.10. The molecule has 1 N–H and O–H groups in total. The molecule has 0 amide bonds. The molecule has 7 heteroatoms. The number of thiophene rings is 1. The van der Waals surface area contributed by atoms with Gasteiger partial charge in [0.25, 0.3) is 0 Å². The van der Waals surface area contributed by atoms with Gasteiger partial charge in [0.2, 0.25) is 0 Å². The van der Waals surface area contributed by atoms with Gasteiger partial charge in [-0.25, -0.2) is 4.79 Å². The molecule has 0 bridgehead atoms. The Bertz CT molecular complexity index is 654. The number of halogens is 2. The minimum Gasteiger partial charge on any atom is -0.478 e. The highest BCUT2D eigenvalue weighted by atomic mass is 79.9. The first kappa shape index (κ1) is 14.7. The average molecular weight is 380 g/mol. The second kappa shape index (κ2) is 6.17. The van der Waals surface area contributed by atoms with Crippen LogP contribution in [0.1, 0.15) is 15.2 Å². The van der Waals surface area contributed by atoms with Crippen molar-refractivity contribution in [2.24, 2.45) is 0 Å². The third-order valence-corrected chi connectivity index (χ3v) is 5.98. The first-order valence-corrected chi connectivity index (χ1v) is 8.49. The zero-order valence-corrected chi connectivity index (χ0v) is 13.4. The fourth-order valence-corrected chi connectivity index (χ4v) is 4.45. The molecule has 1 unspecified atom stereocenters. The van der Waals surface area contributed by atoms with Crippen LogP contribution in [0, 0.1) is 0 Å². The van der Waals surface area contributed by atoms with Crippen LogP contribution in [0.25, 0.3) is 0 Å². The van der Waals surface area contributed by atoms with Crippen LogP contribution in [0.3, 0.4) is 0 Å². The number of hydrogen-bond acceptors (Lipinski definition) is 3. The standard InChI is InChI=1S/C12H8BrClO3S2/c13-9-2-1-7(5-8(9)12(15)16)19(17)6-11-10(14)3-4-18-11/h1-5H,6H2,(H,15,16). The summed E-state index contributed by atoms with van der Waals surface area (Å²) in [5.41, 5.74) is 0.100. The normalized spacial score (nSPS) is 12.3. The van der Waals surface area contributed by atoms with E-state index >= 15 is 0 Å². The number of benzene rings is 1. The van der Waals surface area contributed by atoms with Crippen molar-refractivity contribution < 1.29 is 14.1 Å². The quantitative estimate of drug-likeness (QED) is 0.867. The van der Waals surface area contributed by atoms with Gasteiger partial charge in [-0.3, -0.25) is 4.21 Å². The van der Waals surface area contributed by atoms with Crippen LogP contribution < -0.4 is 0 Å². The summed E-state index contributed by atoms with van der Waals surface area (Å²) in [6, 6.07) is 6.41. The summed E-state index contributed by atoms with van der Waals surface area (Å²) in [4.78, 5) is 12.3. The Morgan fingerprint density at radius 3 is 2.74 bits per heavy atom. The summed E-state index contributed by atoms with van der Waals surface area (Å²) in [6.45, 7) is 0. The van der Waals surface area contributed by atoms with E-state index in [9.17, 15) is 9.00 Å². The molecule has 0 aliphatic rings. The predicted octanol–water partition coefficient (Wildman–Crippen LogP) is 4.17. The van der Waals surface area contributed by atoms with E-state index in [1.807, 2.05) is 5.38 Å². The van der Waals surface area contributed by atoms with Crippen molar-refractivity contribution in [3.63, 3.8) is 0 Å². The van der Waals surface area contributed by atoms with Gasteiger partial charge in [-0.05, 0) is 45.6 Å². The lowest BCUT2D eigenvalue weighted by atomic mass is 10.2. The molecule has 2 aromatic rings. The van der Waals surface area contributed by atoms with E-state index in [1.54, 1.807) is 18.2 Å². The van der Waals surface area contributed by atoms with Crippen LogP contribution in [0.5, 0.6) is 0 Å². The Labute approximate surface area is 129 Å². The molecule has 0 fully saturated rings. The maximum atomic E-state index is 12.2. The van der Waals surface area contributed by atoms with Crippen LogP contribution in [0.15, 0.2) is 39.0 Å². The van der Waals surface area contributed by atoms with Gasteiger partial charge in [0, 0.05) is 14.2 Å². The third kappa shape index (κ3) is 3.45. The van der Waals surface area contributed by atoms with E-state index in [0.29, 0.717) is 14.4 Å². The first-order chi connectivity index (χ1) is 8.99. The Morgan fingerprint density at radius 1 is 1.42 bits per heavy atom. The van der Waals surface area contributed by atoms with Crippen molar-refractivity contribution in [3.8, 4) is 0 Å². The van der Waals surface area contributed by atoms with E-state index in [1.165, 1.54) is 17.4 Å². The van der Waals surface area contributed by atoms with Gasteiger partial charge in [0.15, 0.2) is 0 Å². The summed E-state index contributed by atoms with van der Waals surface area (Å²) >= 11 is 10.5. The molecular formula is C12H8BrClO3S2. The highest BCUT2D eigenvalue weighted by Gasteiger charge is 2.14. The fourth-order valence-electron chi connectivity index (χ4n) is 1.44. The van der Waals surface area contributed by atoms with Gasteiger partial charge in [-0.2, -0.15) is 0 Å². The molecule has 0 spiro atoms. The number of carboxylic acids is 1. The van der Waals surface area contributed by atoms with Gasteiger partial charge in [0.1, 0.15) is 0 Å². The Hall–Kier alpha value is -0.690. The molecule has 1 atom stereocenters. The molecule has 0 aliphatic carbocycles. The van der Waals surface area contributed by atoms with E-state index in [2.05, 4.69) is 15.9 Å². The van der Waals surface area contributed by atoms with Gasteiger partial charge in [-0.1, -0.05) is 11.6 Å². The highest BCUT2D eigenvalue weighted by Crippen LogP contribution is 2.26. The van der Waals surface area contributed by atoms with Crippen molar-refractivity contribution >= 4 is 55.6 Å². The van der Waals surface area contributed by atoms with Crippen LogP contribution in [-0.2, 0) is 16.6 Å². The summed E-state index contributed by atoms with van der Waals surface area (Å²) < 4.78 is 12.7. The average Bonchev–Trinajstić information content (AvgIpc) is 2.75. The Balaban J connectivity index is 2.27. The zero-order chi connectivity index (χ0) is 14.0. The topological polar surface area (TPSA) is 54.4 Å². The Kier molecular flexibility index (Phi) is 4.78. The van der Waals surface area contributed by atoms with E-state index in [0.717, 1.165) is 4.88 Å². The smallest absolute Gasteiger partial charge is 0.336 e.